The van der Waals surface area contributed by atoms with Crippen molar-refractivity contribution in [2.24, 2.45) is 0 Å². The van der Waals surface area contributed by atoms with Gasteiger partial charge in [-0.15, -0.1) is 0 Å². The number of amides is 1. The van der Waals surface area contributed by atoms with Gasteiger partial charge in [-0.05, 0) is 46.6 Å². The summed E-state index contributed by atoms with van der Waals surface area (Å²) in [5.41, 5.74) is 1.50. The quantitative estimate of drug-likeness (QED) is 0.938. The minimum Gasteiger partial charge on any atom is -0.350 e. The number of halogens is 2. The first-order valence-corrected chi connectivity index (χ1v) is 6.58. The molecule has 0 aliphatic carbocycles. The molecule has 1 aromatic heterocycles. The zero-order valence-electron chi connectivity index (χ0n) is 10.4. The van der Waals surface area contributed by atoms with Gasteiger partial charge in [0.1, 0.15) is 5.82 Å². The van der Waals surface area contributed by atoms with Crippen molar-refractivity contribution in [3.05, 3.63) is 52.0 Å². The molecular weight excluding hydrogens is 313 g/mol. The van der Waals surface area contributed by atoms with Gasteiger partial charge in [-0.3, -0.25) is 9.48 Å². The highest BCUT2D eigenvalue weighted by Gasteiger charge is 2.07. The Morgan fingerprint density at radius 1 is 1.53 bits per heavy atom. The number of carbonyl (C=O) groups excluding carboxylic acids is 1. The van der Waals surface area contributed by atoms with Crippen LogP contribution in [0.25, 0.3) is 0 Å². The summed E-state index contributed by atoms with van der Waals surface area (Å²) in [4.78, 5) is 11.8. The molecule has 2 aromatic rings. The van der Waals surface area contributed by atoms with Crippen molar-refractivity contribution in [3.8, 4) is 0 Å². The lowest BCUT2D eigenvalue weighted by atomic mass is 10.2. The molecule has 0 atom stereocenters. The van der Waals surface area contributed by atoms with Crippen LogP contribution in [0.4, 0.5) is 4.39 Å². The number of benzene rings is 1. The Morgan fingerprint density at radius 2 is 2.32 bits per heavy atom. The van der Waals surface area contributed by atoms with Gasteiger partial charge in [-0.1, -0.05) is 0 Å². The van der Waals surface area contributed by atoms with Crippen LogP contribution in [0.3, 0.4) is 0 Å². The number of carbonyl (C=O) groups is 1. The van der Waals surface area contributed by atoms with Crippen LogP contribution in [0, 0.1) is 12.7 Å². The number of aromatic nitrogens is 2. The molecule has 1 N–H and O–H groups in total. The largest absolute Gasteiger partial charge is 0.350 e. The van der Waals surface area contributed by atoms with Crippen LogP contribution in [0.5, 0.6) is 0 Å². The normalized spacial score (nSPS) is 10.5. The van der Waals surface area contributed by atoms with Crippen LogP contribution < -0.4 is 5.32 Å². The van der Waals surface area contributed by atoms with Crippen LogP contribution >= 0.6 is 15.9 Å². The molecule has 0 bridgehead atoms. The lowest BCUT2D eigenvalue weighted by Crippen LogP contribution is -2.27. The Balaban J connectivity index is 1.89. The number of nitrogens with one attached hydrogen (secondary N) is 1. The Labute approximate surface area is 118 Å². The van der Waals surface area contributed by atoms with Crippen molar-refractivity contribution in [3.63, 3.8) is 0 Å². The third-order valence-electron chi connectivity index (χ3n) is 2.57. The van der Waals surface area contributed by atoms with Gasteiger partial charge >= 0.3 is 0 Å². The van der Waals surface area contributed by atoms with Gasteiger partial charge in [0.05, 0.1) is 17.2 Å². The summed E-state index contributed by atoms with van der Waals surface area (Å²) < 4.78 is 15.1. The third kappa shape index (κ3) is 3.64. The molecule has 1 heterocycles. The van der Waals surface area contributed by atoms with E-state index in [-0.39, 0.29) is 16.2 Å². The molecule has 4 nitrogen and oxygen atoms in total. The van der Waals surface area contributed by atoms with Crippen molar-refractivity contribution < 1.29 is 9.18 Å². The van der Waals surface area contributed by atoms with E-state index < -0.39 is 0 Å². The summed E-state index contributed by atoms with van der Waals surface area (Å²) in [7, 11) is 0. The Hall–Kier alpha value is -1.69. The first kappa shape index (κ1) is 13.7. The Morgan fingerprint density at radius 3 is 2.95 bits per heavy atom. The third-order valence-corrected chi connectivity index (χ3v) is 3.18. The molecule has 0 unspecified atom stereocenters. The van der Waals surface area contributed by atoms with Crippen LogP contribution in [-0.2, 0) is 6.54 Å². The van der Waals surface area contributed by atoms with E-state index in [1.807, 2.05) is 13.1 Å². The van der Waals surface area contributed by atoms with Gasteiger partial charge < -0.3 is 5.32 Å². The minimum absolute atomic E-state index is 0.232. The summed E-state index contributed by atoms with van der Waals surface area (Å²) >= 11 is 3.05. The van der Waals surface area contributed by atoms with Crippen molar-refractivity contribution in [2.45, 2.75) is 13.5 Å². The van der Waals surface area contributed by atoms with E-state index in [0.29, 0.717) is 18.7 Å². The second-order valence-electron chi connectivity index (χ2n) is 4.17. The smallest absolute Gasteiger partial charge is 0.251 e. The number of hydrogen-bond acceptors (Lipinski definition) is 2. The highest BCUT2D eigenvalue weighted by Crippen LogP contribution is 2.16. The standard InChI is InChI=1S/C13H13BrFN3O/c1-9-7-17-18(8-9)5-4-16-13(19)10-2-3-12(15)11(14)6-10/h2-3,6-8H,4-5H2,1H3,(H,16,19). The van der Waals surface area contributed by atoms with E-state index in [4.69, 9.17) is 0 Å². The van der Waals surface area contributed by atoms with Crippen LogP contribution in [-0.4, -0.2) is 22.2 Å². The summed E-state index contributed by atoms with van der Waals surface area (Å²) in [6.45, 7) is 3.02. The fourth-order valence-electron chi connectivity index (χ4n) is 1.61. The zero-order valence-corrected chi connectivity index (χ0v) is 11.9. The van der Waals surface area contributed by atoms with E-state index in [2.05, 4.69) is 26.3 Å². The first-order chi connectivity index (χ1) is 9.06. The molecule has 19 heavy (non-hydrogen) atoms. The predicted molar refractivity (Wildman–Crippen MR) is 73.4 cm³/mol. The van der Waals surface area contributed by atoms with Gasteiger partial charge in [0.25, 0.3) is 5.91 Å². The van der Waals surface area contributed by atoms with Crippen molar-refractivity contribution in [1.82, 2.24) is 15.1 Å². The van der Waals surface area contributed by atoms with Crippen LogP contribution in [0.2, 0.25) is 0 Å². The molecule has 1 aromatic carbocycles. The van der Waals surface area contributed by atoms with Crippen LogP contribution in [0.15, 0.2) is 35.1 Å². The summed E-state index contributed by atoms with van der Waals surface area (Å²) in [5, 5.41) is 6.88. The minimum atomic E-state index is -0.386. The molecule has 1 amide bonds. The van der Waals surface area contributed by atoms with Gasteiger partial charge in [0, 0.05) is 18.3 Å². The summed E-state index contributed by atoms with van der Waals surface area (Å²) in [6, 6.07) is 4.17. The van der Waals surface area contributed by atoms with Gasteiger partial charge in [-0.25, -0.2) is 4.39 Å². The van der Waals surface area contributed by atoms with E-state index in [1.54, 1.807) is 10.9 Å². The second kappa shape index (κ2) is 5.97. The molecule has 0 fully saturated rings. The van der Waals surface area contributed by atoms with E-state index in [9.17, 15) is 9.18 Å². The van der Waals surface area contributed by atoms with Gasteiger partial charge in [-0.2, -0.15) is 5.10 Å². The maximum absolute atomic E-state index is 13.0. The molecule has 0 saturated carbocycles. The topological polar surface area (TPSA) is 46.9 Å². The first-order valence-electron chi connectivity index (χ1n) is 5.78. The number of hydrogen-bond donors (Lipinski definition) is 1. The van der Waals surface area contributed by atoms with Crippen LogP contribution in [0.1, 0.15) is 15.9 Å². The molecule has 0 aliphatic heterocycles. The number of nitrogens with zero attached hydrogens (tertiary/aromatic N) is 2. The fourth-order valence-corrected chi connectivity index (χ4v) is 1.99. The molecule has 2 rings (SSSR count). The Kier molecular flexibility index (Phi) is 4.31. The molecule has 0 spiro atoms. The van der Waals surface area contributed by atoms with Crippen molar-refractivity contribution in [1.29, 1.82) is 0 Å². The Bertz CT molecular complexity index is 597. The second-order valence-corrected chi connectivity index (χ2v) is 5.02. The SMILES string of the molecule is Cc1cnn(CCNC(=O)c2ccc(F)c(Br)c2)c1. The predicted octanol–water partition coefficient (Wildman–Crippen LogP) is 2.52. The van der Waals surface area contributed by atoms with Gasteiger partial charge in [0.15, 0.2) is 0 Å². The summed E-state index contributed by atoms with van der Waals surface area (Å²) in [6.07, 6.45) is 3.67. The average molecular weight is 326 g/mol. The lowest BCUT2D eigenvalue weighted by Gasteiger charge is -2.06. The average Bonchev–Trinajstić information content (AvgIpc) is 2.78. The number of aryl methyl sites for hydroxylation is 1. The fraction of sp³-hybridized carbons (Fsp3) is 0.231. The molecule has 0 radical (unpaired) electrons. The molecular formula is C13H13BrFN3O. The highest BCUT2D eigenvalue weighted by atomic mass is 79.9. The number of rotatable bonds is 4. The molecule has 6 heteroatoms. The van der Waals surface area contributed by atoms with Gasteiger partial charge in [0.2, 0.25) is 0 Å². The van der Waals surface area contributed by atoms with E-state index >= 15 is 0 Å². The van der Waals surface area contributed by atoms with E-state index in [1.165, 1.54) is 18.2 Å². The molecule has 0 saturated heterocycles. The maximum Gasteiger partial charge on any atom is 0.251 e. The van der Waals surface area contributed by atoms with E-state index in [0.717, 1.165) is 5.56 Å². The highest BCUT2D eigenvalue weighted by molar-refractivity contribution is 9.10. The molecule has 100 valence electrons. The van der Waals surface area contributed by atoms with Crippen molar-refractivity contribution >= 4 is 21.8 Å². The maximum atomic E-state index is 13.0. The monoisotopic (exact) mass is 325 g/mol. The summed E-state index contributed by atoms with van der Waals surface area (Å²) in [5.74, 6) is -0.617. The van der Waals surface area contributed by atoms with Crippen molar-refractivity contribution in [2.75, 3.05) is 6.54 Å². The molecule has 0 aliphatic rings. The zero-order chi connectivity index (χ0) is 13.8. The lowest BCUT2D eigenvalue weighted by molar-refractivity contribution is 0.0952.